The summed E-state index contributed by atoms with van der Waals surface area (Å²) in [6.07, 6.45) is 2.71. The number of hydrogen-bond donors (Lipinski definition) is 2. The number of hydrogen-bond acceptors (Lipinski definition) is 4. The molecule has 1 aliphatic heterocycles. The van der Waals surface area contributed by atoms with Crippen molar-refractivity contribution in [2.75, 3.05) is 40.3 Å². The van der Waals surface area contributed by atoms with E-state index in [1.54, 1.807) is 14.2 Å². The highest BCUT2D eigenvalue weighted by atomic mass is 16.6. The van der Waals surface area contributed by atoms with E-state index in [4.69, 9.17) is 9.47 Å². The van der Waals surface area contributed by atoms with Gasteiger partial charge in [-0.05, 0) is 57.6 Å². The molecular formula is C22H36N4O3. The first kappa shape index (κ1) is 22.8. The fourth-order valence-corrected chi connectivity index (χ4v) is 3.41. The Kier molecular flexibility index (Phi) is 8.61. The molecule has 0 spiro atoms. The van der Waals surface area contributed by atoms with Crippen molar-refractivity contribution in [3.05, 3.63) is 29.8 Å². The first-order chi connectivity index (χ1) is 13.8. The van der Waals surface area contributed by atoms with Crippen LogP contribution in [0.25, 0.3) is 0 Å². The Morgan fingerprint density at radius 2 is 2.03 bits per heavy atom. The molecule has 1 amide bonds. The highest BCUT2D eigenvalue weighted by Crippen LogP contribution is 2.19. The summed E-state index contributed by atoms with van der Waals surface area (Å²) in [6, 6.07) is 8.04. The number of rotatable bonds is 6. The first-order valence-electron chi connectivity index (χ1n) is 10.4. The topological polar surface area (TPSA) is 75.2 Å². The molecule has 2 N–H and O–H groups in total. The Hall–Kier alpha value is -2.44. The minimum atomic E-state index is -0.463. The predicted molar refractivity (Wildman–Crippen MR) is 117 cm³/mol. The molecule has 0 radical (unpaired) electrons. The van der Waals surface area contributed by atoms with Gasteiger partial charge in [-0.2, -0.15) is 0 Å². The number of para-hydroxylation sites is 1. The molecule has 1 saturated heterocycles. The number of guanidine groups is 1. The number of ether oxygens (including phenoxy) is 2. The van der Waals surface area contributed by atoms with Crippen molar-refractivity contribution in [1.82, 2.24) is 15.5 Å². The highest BCUT2D eigenvalue weighted by Gasteiger charge is 2.27. The van der Waals surface area contributed by atoms with Crippen molar-refractivity contribution in [3.63, 3.8) is 0 Å². The lowest BCUT2D eigenvalue weighted by Crippen LogP contribution is -2.47. The molecule has 1 fully saturated rings. The fourth-order valence-electron chi connectivity index (χ4n) is 3.41. The summed E-state index contributed by atoms with van der Waals surface area (Å²) in [6.45, 7) is 8.69. The molecule has 0 aliphatic carbocycles. The van der Waals surface area contributed by atoms with Gasteiger partial charge in [-0.15, -0.1) is 0 Å². The van der Waals surface area contributed by atoms with Crippen LogP contribution in [0.4, 0.5) is 4.79 Å². The molecule has 7 heteroatoms. The lowest BCUT2D eigenvalue weighted by Gasteiger charge is -2.34. The summed E-state index contributed by atoms with van der Waals surface area (Å²) in [5.74, 6) is 2.06. The molecule has 0 bridgehead atoms. The van der Waals surface area contributed by atoms with Gasteiger partial charge in [0.1, 0.15) is 11.4 Å². The zero-order chi connectivity index (χ0) is 21.3. The van der Waals surface area contributed by atoms with Crippen LogP contribution in [0.2, 0.25) is 0 Å². The molecule has 0 aromatic heterocycles. The Balaban J connectivity index is 1.76. The van der Waals surface area contributed by atoms with Crippen molar-refractivity contribution in [3.8, 4) is 5.75 Å². The third-order valence-electron chi connectivity index (χ3n) is 4.83. The van der Waals surface area contributed by atoms with E-state index in [0.717, 1.165) is 50.6 Å². The standard InChI is InChI=1S/C22H36N4O3/c1-22(2,3)29-21(27)26-14-8-9-17(16-26)15-25-20(23-4)24-13-12-18-10-6-7-11-19(18)28-5/h6-7,10-11,17H,8-9,12-16H2,1-5H3,(H2,23,24,25). The van der Waals surface area contributed by atoms with E-state index >= 15 is 0 Å². The SMILES string of the molecule is CN=C(NCCc1ccccc1OC)NCC1CCCN(C(=O)OC(C)(C)C)C1. The molecule has 2 rings (SSSR count). The second-order valence-electron chi connectivity index (χ2n) is 8.38. The van der Waals surface area contributed by atoms with Crippen molar-refractivity contribution in [1.29, 1.82) is 0 Å². The van der Waals surface area contributed by atoms with Crippen LogP contribution >= 0.6 is 0 Å². The van der Waals surface area contributed by atoms with Gasteiger partial charge in [0.25, 0.3) is 0 Å². The maximum atomic E-state index is 12.3. The van der Waals surface area contributed by atoms with E-state index in [-0.39, 0.29) is 6.09 Å². The Bertz CT molecular complexity index is 685. The third-order valence-corrected chi connectivity index (χ3v) is 4.83. The largest absolute Gasteiger partial charge is 0.496 e. The normalized spacial score (nSPS) is 17.6. The quantitative estimate of drug-likeness (QED) is 0.563. The van der Waals surface area contributed by atoms with Crippen molar-refractivity contribution in [2.24, 2.45) is 10.9 Å². The summed E-state index contributed by atoms with van der Waals surface area (Å²) in [5.41, 5.74) is 0.702. The fraction of sp³-hybridized carbons (Fsp3) is 0.636. The van der Waals surface area contributed by atoms with Gasteiger partial charge in [-0.1, -0.05) is 18.2 Å². The molecule has 1 aromatic carbocycles. The van der Waals surface area contributed by atoms with Gasteiger partial charge in [0.15, 0.2) is 5.96 Å². The van der Waals surface area contributed by atoms with Crippen LogP contribution in [-0.4, -0.2) is 62.9 Å². The molecule has 162 valence electrons. The lowest BCUT2D eigenvalue weighted by atomic mass is 9.98. The molecule has 1 heterocycles. The monoisotopic (exact) mass is 404 g/mol. The lowest BCUT2D eigenvalue weighted by molar-refractivity contribution is 0.0168. The summed E-state index contributed by atoms with van der Waals surface area (Å²) in [4.78, 5) is 18.4. The maximum Gasteiger partial charge on any atom is 0.410 e. The summed E-state index contributed by atoms with van der Waals surface area (Å²) in [7, 11) is 3.46. The minimum absolute atomic E-state index is 0.221. The Labute approximate surface area is 174 Å². The average molecular weight is 405 g/mol. The molecule has 7 nitrogen and oxygen atoms in total. The zero-order valence-electron chi connectivity index (χ0n) is 18.5. The van der Waals surface area contributed by atoms with Gasteiger partial charge < -0.3 is 25.0 Å². The number of amides is 1. The van der Waals surface area contributed by atoms with Crippen LogP contribution in [0, 0.1) is 5.92 Å². The van der Waals surface area contributed by atoms with E-state index in [9.17, 15) is 4.79 Å². The van der Waals surface area contributed by atoms with Gasteiger partial charge >= 0.3 is 6.09 Å². The van der Waals surface area contributed by atoms with Gasteiger partial charge in [0.2, 0.25) is 0 Å². The zero-order valence-corrected chi connectivity index (χ0v) is 18.5. The predicted octanol–water partition coefficient (Wildman–Crippen LogP) is 3.05. The van der Waals surface area contributed by atoms with Crippen LogP contribution in [0.3, 0.4) is 0 Å². The van der Waals surface area contributed by atoms with Gasteiger partial charge in [0, 0.05) is 33.2 Å². The van der Waals surface area contributed by atoms with Crippen molar-refractivity contribution in [2.45, 2.75) is 45.6 Å². The molecule has 1 unspecified atom stereocenters. The van der Waals surface area contributed by atoms with Crippen LogP contribution < -0.4 is 15.4 Å². The summed E-state index contributed by atoms with van der Waals surface area (Å²) in [5, 5.41) is 6.74. The molecule has 1 atom stereocenters. The minimum Gasteiger partial charge on any atom is -0.496 e. The number of nitrogens with one attached hydrogen (secondary N) is 2. The second kappa shape index (κ2) is 10.9. The maximum absolute atomic E-state index is 12.3. The number of nitrogens with zero attached hydrogens (tertiary/aromatic N) is 2. The van der Waals surface area contributed by atoms with Crippen molar-refractivity contribution >= 4 is 12.1 Å². The summed E-state index contributed by atoms with van der Waals surface area (Å²) >= 11 is 0. The number of piperidine rings is 1. The molecule has 1 aliphatic rings. The number of benzene rings is 1. The Morgan fingerprint density at radius 1 is 1.28 bits per heavy atom. The first-order valence-corrected chi connectivity index (χ1v) is 10.4. The molecule has 29 heavy (non-hydrogen) atoms. The third kappa shape index (κ3) is 7.83. The van der Waals surface area contributed by atoms with Crippen LogP contribution in [0.15, 0.2) is 29.3 Å². The Morgan fingerprint density at radius 3 is 2.72 bits per heavy atom. The second-order valence-corrected chi connectivity index (χ2v) is 8.38. The van der Waals surface area contributed by atoms with Gasteiger partial charge in [0.05, 0.1) is 7.11 Å². The van der Waals surface area contributed by atoms with Crippen molar-refractivity contribution < 1.29 is 14.3 Å². The van der Waals surface area contributed by atoms with Crippen LogP contribution in [-0.2, 0) is 11.2 Å². The number of likely N-dealkylation sites (tertiary alicyclic amines) is 1. The number of carbonyl (C=O) groups excluding carboxylic acids is 1. The molecule has 0 saturated carbocycles. The molecular weight excluding hydrogens is 368 g/mol. The van der Waals surface area contributed by atoms with E-state index in [1.165, 1.54) is 5.56 Å². The van der Waals surface area contributed by atoms with Crippen LogP contribution in [0.5, 0.6) is 5.75 Å². The smallest absolute Gasteiger partial charge is 0.410 e. The molecule has 1 aromatic rings. The highest BCUT2D eigenvalue weighted by molar-refractivity contribution is 5.79. The number of carbonyl (C=O) groups is 1. The number of methoxy groups -OCH3 is 1. The summed E-state index contributed by atoms with van der Waals surface area (Å²) < 4.78 is 10.9. The van der Waals surface area contributed by atoms with E-state index in [1.807, 2.05) is 43.9 Å². The van der Waals surface area contributed by atoms with E-state index in [0.29, 0.717) is 12.5 Å². The van der Waals surface area contributed by atoms with Gasteiger partial charge in [-0.3, -0.25) is 4.99 Å². The van der Waals surface area contributed by atoms with E-state index in [2.05, 4.69) is 21.7 Å². The van der Waals surface area contributed by atoms with Gasteiger partial charge in [-0.25, -0.2) is 4.79 Å². The van der Waals surface area contributed by atoms with Crippen LogP contribution in [0.1, 0.15) is 39.2 Å². The van der Waals surface area contributed by atoms with E-state index < -0.39 is 5.60 Å². The number of aliphatic imine (C=N–C) groups is 1. The average Bonchev–Trinajstić information content (AvgIpc) is 2.69.